The molecule has 0 spiro atoms. The monoisotopic (exact) mass is 224 g/mol. The lowest BCUT2D eigenvalue weighted by molar-refractivity contribution is 0.0930. The minimum atomic E-state index is -0.146. The molecule has 0 aliphatic carbocycles. The number of nitrogens with one attached hydrogen (secondary N) is 1. The molecular formula is C11H20N4O. The predicted molar refractivity (Wildman–Crippen MR) is 63.0 cm³/mol. The molecule has 1 aromatic heterocycles. The zero-order valence-electron chi connectivity index (χ0n) is 9.94. The van der Waals surface area contributed by atoms with Gasteiger partial charge in [-0.3, -0.25) is 9.48 Å². The van der Waals surface area contributed by atoms with Gasteiger partial charge in [0.05, 0.1) is 0 Å². The lowest BCUT2D eigenvalue weighted by atomic mass is 10.1. The van der Waals surface area contributed by atoms with Crippen molar-refractivity contribution in [2.24, 2.45) is 12.8 Å². The van der Waals surface area contributed by atoms with Crippen molar-refractivity contribution < 1.29 is 4.79 Å². The number of aromatic nitrogens is 2. The number of unbranched alkanes of at least 4 members (excludes halogenated alkanes) is 1. The van der Waals surface area contributed by atoms with Crippen molar-refractivity contribution in [1.82, 2.24) is 15.1 Å². The molecule has 16 heavy (non-hydrogen) atoms. The summed E-state index contributed by atoms with van der Waals surface area (Å²) >= 11 is 0. The molecule has 1 rings (SSSR count). The predicted octanol–water partition coefficient (Wildman–Crippen LogP) is 0.667. The van der Waals surface area contributed by atoms with Crippen LogP contribution in [0.25, 0.3) is 0 Å². The first-order chi connectivity index (χ1) is 7.67. The molecule has 90 valence electrons. The first kappa shape index (κ1) is 12.7. The highest BCUT2D eigenvalue weighted by atomic mass is 16.2. The van der Waals surface area contributed by atoms with E-state index in [1.165, 1.54) is 0 Å². The van der Waals surface area contributed by atoms with Gasteiger partial charge in [0.1, 0.15) is 5.69 Å². The highest BCUT2D eigenvalue weighted by molar-refractivity contribution is 5.92. The van der Waals surface area contributed by atoms with E-state index in [9.17, 15) is 4.79 Å². The number of hydrogen-bond donors (Lipinski definition) is 2. The molecule has 1 heterocycles. The van der Waals surface area contributed by atoms with Crippen LogP contribution in [-0.2, 0) is 7.05 Å². The third-order valence-electron chi connectivity index (χ3n) is 2.47. The Kier molecular flexibility index (Phi) is 4.98. The molecule has 0 aliphatic rings. The van der Waals surface area contributed by atoms with Crippen LogP contribution in [0.5, 0.6) is 0 Å². The number of amides is 1. The fourth-order valence-electron chi connectivity index (χ4n) is 1.49. The first-order valence-electron chi connectivity index (χ1n) is 5.68. The van der Waals surface area contributed by atoms with E-state index in [4.69, 9.17) is 5.73 Å². The highest BCUT2D eigenvalue weighted by Gasteiger charge is 2.13. The van der Waals surface area contributed by atoms with Gasteiger partial charge in [0, 0.05) is 25.8 Å². The molecule has 1 amide bonds. The van der Waals surface area contributed by atoms with Crippen LogP contribution in [0.3, 0.4) is 0 Å². The smallest absolute Gasteiger partial charge is 0.272 e. The molecule has 3 N–H and O–H groups in total. The molecule has 0 fully saturated rings. The summed E-state index contributed by atoms with van der Waals surface area (Å²) in [6, 6.07) is 1.75. The van der Waals surface area contributed by atoms with Gasteiger partial charge in [-0.15, -0.1) is 0 Å². The molecule has 0 saturated carbocycles. The highest BCUT2D eigenvalue weighted by Crippen LogP contribution is 2.01. The van der Waals surface area contributed by atoms with Crippen molar-refractivity contribution in [2.45, 2.75) is 32.2 Å². The molecule has 1 unspecified atom stereocenters. The van der Waals surface area contributed by atoms with Crippen LogP contribution in [0.4, 0.5) is 0 Å². The van der Waals surface area contributed by atoms with Gasteiger partial charge in [0.15, 0.2) is 0 Å². The van der Waals surface area contributed by atoms with E-state index < -0.39 is 0 Å². The van der Waals surface area contributed by atoms with Crippen molar-refractivity contribution in [2.75, 3.05) is 6.54 Å². The van der Waals surface area contributed by atoms with Crippen LogP contribution in [-0.4, -0.2) is 28.3 Å². The van der Waals surface area contributed by atoms with Gasteiger partial charge in [-0.2, -0.15) is 5.10 Å². The molecule has 5 heteroatoms. The fourth-order valence-corrected chi connectivity index (χ4v) is 1.49. The molecule has 0 aromatic carbocycles. The fraction of sp³-hybridized carbons (Fsp3) is 0.636. The van der Waals surface area contributed by atoms with Crippen molar-refractivity contribution in [3.8, 4) is 0 Å². The average Bonchev–Trinajstić information content (AvgIpc) is 2.70. The van der Waals surface area contributed by atoms with Crippen LogP contribution >= 0.6 is 0 Å². The zero-order chi connectivity index (χ0) is 12.0. The minimum Gasteiger partial charge on any atom is -0.347 e. The van der Waals surface area contributed by atoms with Crippen molar-refractivity contribution in [3.63, 3.8) is 0 Å². The molecule has 0 saturated heterocycles. The first-order valence-corrected chi connectivity index (χ1v) is 5.68. The van der Waals surface area contributed by atoms with Crippen LogP contribution < -0.4 is 11.1 Å². The van der Waals surface area contributed by atoms with Crippen LogP contribution in [0.1, 0.15) is 36.7 Å². The maximum Gasteiger partial charge on any atom is 0.272 e. The summed E-state index contributed by atoms with van der Waals surface area (Å²) in [5, 5.41) is 6.93. The maximum absolute atomic E-state index is 11.7. The normalized spacial score (nSPS) is 12.4. The summed E-state index contributed by atoms with van der Waals surface area (Å²) in [6.07, 6.45) is 4.85. The van der Waals surface area contributed by atoms with Gasteiger partial charge < -0.3 is 11.1 Å². The molecule has 0 bridgehead atoms. The van der Waals surface area contributed by atoms with Crippen molar-refractivity contribution >= 4 is 5.91 Å². The SMILES string of the molecule is CCCCC(CN)NC(=O)c1ccn(C)n1. The van der Waals surface area contributed by atoms with Crippen LogP contribution in [0.2, 0.25) is 0 Å². The Bertz CT molecular complexity index is 334. The number of nitrogens with two attached hydrogens (primary N) is 1. The summed E-state index contributed by atoms with van der Waals surface area (Å²) in [4.78, 5) is 11.7. The molecular weight excluding hydrogens is 204 g/mol. The van der Waals surface area contributed by atoms with Gasteiger partial charge in [0.2, 0.25) is 0 Å². The maximum atomic E-state index is 11.7. The van der Waals surface area contributed by atoms with Crippen molar-refractivity contribution in [3.05, 3.63) is 18.0 Å². The number of carbonyl (C=O) groups excluding carboxylic acids is 1. The van der Waals surface area contributed by atoms with E-state index in [1.807, 2.05) is 0 Å². The number of rotatable bonds is 6. The van der Waals surface area contributed by atoms with Gasteiger partial charge in [-0.05, 0) is 12.5 Å². The Labute approximate surface area is 96.0 Å². The van der Waals surface area contributed by atoms with Gasteiger partial charge in [-0.1, -0.05) is 19.8 Å². The third-order valence-corrected chi connectivity index (χ3v) is 2.47. The summed E-state index contributed by atoms with van der Waals surface area (Å²) in [6.45, 7) is 2.59. The third kappa shape index (κ3) is 3.66. The molecule has 5 nitrogen and oxygen atoms in total. The van der Waals surface area contributed by atoms with Gasteiger partial charge >= 0.3 is 0 Å². The van der Waals surface area contributed by atoms with E-state index >= 15 is 0 Å². The van der Waals surface area contributed by atoms with Gasteiger partial charge in [-0.25, -0.2) is 0 Å². The average molecular weight is 224 g/mol. The molecule has 0 aliphatic heterocycles. The summed E-state index contributed by atoms with van der Waals surface area (Å²) in [5.74, 6) is -0.146. The lowest BCUT2D eigenvalue weighted by Gasteiger charge is -2.15. The second kappa shape index (κ2) is 6.27. The van der Waals surface area contributed by atoms with Crippen LogP contribution in [0.15, 0.2) is 12.3 Å². The largest absolute Gasteiger partial charge is 0.347 e. The molecule has 1 aromatic rings. The summed E-state index contributed by atoms with van der Waals surface area (Å²) in [7, 11) is 1.79. The second-order valence-electron chi connectivity index (χ2n) is 3.92. The van der Waals surface area contributed by atoms with Gasteiger partial charge in [0.25, 0.3) is 5.91 Å². The Balaban J connectivity index is 2.48. The second-order valence-corrected chi connectivity index (χ2v) is 3.92. The quantitative estimate of drug-likeness (QED) is 0.746. The van der Waals surface area contributed by atoms with Crippen molar-refractivity contribution in [1.29, 1.82) is 0 Å². The standard InChI is InChI=1S/C11H20N4O/c1-3-4-5-9(8-12)13-11(16)10-6-7-15(2)14-10/h6-7,9H,3-5,8,12H2,1-2H3,(H,13,16). The van der Waals surface area contributed by atoms with E-state index in [1.54, 1.807) is 24.0 Å². The number of aryl methyl sites for hydroxylation is 1. The molecule has 1 atom stereocenters. The number of carbonyl (C=O) groups is 1. The number of nitrogens with zero attached hydrogens (tertiary/aromatic N) is 2. The molecule has 0 radical (unpaired) electrons. The Hall–Kier alpha value is -1.36. The summed E-state index contributed by atoms with van der Waals surface area (Å²) < 4.78 is 1.61. The Morgan fingerprint density at radius 3 is 2.94 bits per heavy atom. The topological polar surface area (TPSA) is 72.9 Å². The zero-order valence-corrected chi connectivity index (χ0v) is 9.94. The minimum absolute atomic E-state index is 0.0504. The Morgan fingerprint density at radius 2 is 2.44 bits per heavy atom. The van der Waals surface area contributed by atoms with E-state index in [0.29, 0.717) is 12.2 Å². The Morgan fingerprint density at radius 1 is 1.69 bits per heavy atom. The van der Waals surface area contributed by atoms with E-state index in [0.717, 1.165) is 19.3 Å². The summed E-state index contributed by atoms with van der Waals surface area (Å²) in [5.41, 5.74) is 6.05. The number of hydrogen-bond acceptors (Lipinski definition) is 3. The van der Waals surface area contributed by atoms with E-state index in [2.05, 4.69) is 17.3 Å². The van der Waals surface area contributed by atoms with E-state index in [-0.39, 0.29) is 11.9 Å². The lowest BCUT2D eigenvalue weighted by Crippen LogP contribution is -2.40. The van der Waals surface area contributed by atoms with Crippen LogP contribution in [0, 0.1) is 0 Å².